The maximum atomic E-state index is 9.51. The molecule has 0 saturated heterocycles. The number of aliphatic hydroxyl groups excluding tert-OH is 6. The van der Waals surface area contributed by atoms with Gasteiger partial charge in [-0.1, -0.05) is 0 Å². The molecule has 8 nitrogen and oxygen atoms in total. The Morgan fingerprint density at radius 1 is 1.28 bits per heavy atom. The Morgan fingerprint density at radius 2 is 1.94 bits per heavy atom. The normalized spacial score (nSPS) is 30.2. The first-order valence-electron chi connectivity index (χ1n) is 5.43. The van der Waals surface area contributed by atoms with Crippen molar-refractivity contribution >= 4 is 0 Å². The molecule has 4 atom stereocenters. The van der Waals surface area contributed by atoms with Crippen LogP contribution in [0.2, 0.25) is 0 Å². The van der Waals surface area contributed by atoms with Crippen molar-refractivity contribution in [2.24, 2.45) is 0 Å². The van der Waals surface area contributed by atoms with Gasteiger partial charge in [0.2, 0.25) is 0 Å². The second kappa shape index (κ2) is 6.88. The van der Waals surface area contributed by atoms with Gasteiger partial charge >= 0.3 is 0 Å². The molecule has 0 aromatic rings. The molecule has 0 aliphatic carbocycles. The van der Waals surface area contributed by atoms with Crippen molar-refractivity contribution in [2.45, 2.75) is 24.4 Å². The van der Waals surface area contributed by atoms with Crippen LogP contribution in [0.15, 0.2) is 11.5 Å². The van der Waals surface area contributed by atoms with Gasteiger partial charge in [0.05, 0.1) is 19.8 Å². The highest BCUT2D eigenvalue weighted by atomic mass is 16.6. The molecule has 0 aromatic carbocycles. The minimum Gasteiger partial charge on any atom is -0.506 e. The summed E-state index contributed by atoms with van der Waals surface area (Å²) in [6, 6.07) is 0. The highest BCUT2D eigenvalue weighted by Crippen LogP contribution is 2.23. The van der Waals surface area contributed by atoms with Crippen LogP contribution in [0.3, 0.4) is 0 Å². The fourth-order valence-corrected chi connectivity index (χ4v) is 1.44. The quantitative estimate of drug-likeness (QED) is 0.304. The molecule has 2 unspecified atom stereocenters. The second-order valence-corrected chi connectivity index (χ2v) is 3.93. The summed E-state index contributed by atoms with van der Waals surface area (Å²) in [5.74, 6) is -0.706. The number of ether oxygens (including phenoxy) is 2. The Labute approximate surface area is 103 Å². The van der Waals surface area contributed by atoms with Gasteiger partial charge in [0.1, 0.15) is 24.9 Å². The third-order valence-corrected chi connectivity index (χ3v) is 2.50. The molecular weight excluding hydrogens is 248 g/mol. The highest BCUT2D eigenvalue weighted by molar-refractivity contribution is 5.13. The van der Waals surface area contributed by atoms with Gasteiger partial charge in [-0.15, -0.1) is 0 Å². The molecule has 0 saturated carbocycles. The maximum Gasteiger partial charge on any atom is 0.164 e. The van der Waals surface area contributed by atoms with Crippen LogP contribution < -0.4 is 0 Å². The summed E-state index contributed by atoms with van der Waals surface area (Å²) in [5, 5.41) is 54.9. The molecule has 0 amide bonds. The maximum absolute atomic E-state index is 9.51. The van der Waals surface area contributed by atoms with Crippen LogP contribution in [0.5, 0.6) is 0 Å². The molecule has 18 heavy (non-hydrogen) atoms. The second-order valence-electron chi connectivity index (χ2n) is 3.93. The lowest BCUT2D eigenvalue weighted by atomic mass is 10.0. The van der Waals surface area contributed by atoms with Crippen LogP contribution in [-0.4, -0.2) is 81.5 Å². The first kappa shape index (κ1) is 15.2. The van der Waals surface area contributed by atoms with Crippen molar-refractivity contribution in [3.63, 3.8) is 0 Å². The zero-order valence-electron chi connectivity index (χ0n) is 9.64. The minimum atomic E-state index is -1.56. The monoisotopic (exact) mass is 266 g/mol. The fourth-order valence-electron chi connectivity index (χ4n) is 1.44. The Bertz CT molecular complexity index is 292. The van der Waals surface area contributed by atoms with Gasteiger partial charge in [-0.25, -0.2) is 0 Å². The minimum absolute atomic E-state index is 0.128. The summed E-state index contributed by atoms with van der Waals surface area (Å²) in [6.45, 7) is -1.44. The van der Waals surface area contributed by atoms with Crippen LogP contribution in [0, 0.1) is 0 Å². The van der Waals surface area contributed by atoms with E-state index in [1.165, 1.54) is 0 Å². The zero-order chi connectivity index (χ0) is 13.7. The summed E-state index contributed by atoms with van der Waals surface area (Å²) in [7, 11) is 0. The average molecular weight is 266 g/mol. The van der Waals surface area contributed by atoms with E-state index >= 15 is 0 Å². The molecule has 0 spiro atoms. The van der Waals surface area contributed by atoms with Gasteiger partial charge in [0.25, 0.3) is 0 Å². The Kier molecular flexibility index (Phi) is 5.79. The van der Waals surface area contributed by atoms with Crippen molar-refractivity contribution in [3.05, 3.63) is 11.5 Å². The summed E-state index contributed by atoms with van der Waals surface area (Å²) >= 11 is 0. The van der Waals surface area contributed by atoms with E-state index in [0.29, 0.717) is 0 Å². The number of hydrogen-bond donors (Lipinski definition) is 6. The molecule has 0 radical (unpaired) electrons. The summed E-state index contributed by atoms with van der Waals surface area (Å²) < 4.78 is 9.99. The lowest BCUT2D eigenvalue weighted by molar-refractivity contribution is -0.120. The van der Waals surface area contributed by atoms with E-state index in [0.717, 1.165) is 0 Å². The van der Waals surface area contributed by atoms with E-state index in [4.69, 9.17) is 24.8 Å². The molecule has 1 aliphatic rings. The molecule has 0 fully saturated rings. The third kappa shape index (κ3) is 3.55. The lowest BCUT2D eigenvalue weighted by Gasteiger charge is -2.32. The van der Waals surface area contributed by atoms with E-state index in [1.807, 2.05) is 0 Å². The summed E-state index contributed by atoms with van der Waals surface area (Å²) in [4.78, 5) is 0. The lowest BCUT2D eigenvalue weighted by Crippen LogP contribution is -2.46. The van der Waals surface area contributed by atoms with Gasteiger partial charge in [0, 0.05) is 0 Å². The van der Waals surface area contributed by atoms with Crippen LogP contribution in [0.1, 0.15) is 0 Å². The fraction of sp³-hybridized carbons (Fsp3) is 0.800. The molecule has 1 rings (SSSR count). The van der Waals surface area contributed by atoms with E-state index in [1.54, 1.807) is 0 Å². The molecule has 0 bridgehead atoms. The predicted molar refractivity (Wildman–Crippen MR) is 57.5 cm³/mol. The first-order valence-corrected chi connectivity index (χ1v) is 5.43. The van der Waals surface area contributed by atoms with E-state index in [9.17, 15) is 15.3 Å². The van der Waals surface area contributed by atoms with Crippen molar-refractivity contribution in [3.8, 4) is 0 Å². The molecule has 6 N–H and O–H groups in total. The number of aliphatic hydroxyl groups is 6. The Hall–Kier alpha value is -0.900. The smallest absolute Gasteiger partial charge is 0.164 e. The summed E-state index contributed by atoms with van der Waals surface area (Å²) in [5.41, 5.74) is 0. The van der Waals surface area contributed by atoms with Gasteiger partial charge in [-0.05, 0) is 0 Å². The van der Waals surface area contributed by atoms with E-state index in [-0.39, 0.29) is 19.0 Å². The molecule has 8 heteroatoms. The van der Waals surface area contributed by atoms with Crippen LogP contribution in [0.25, 0.3) is 0 Å². The van der Waals surface area contributed by atoms with Gasteiger partial charge in [-0.3, -0.25) is 0 Å². The average Bonchev–Trinajstić information content (AvgIpc) is 2.38. The third-order valence-electron chi connectivity index (χ3n) is 2.50. The highest BCUT2D eigenvalue weighted by Gasteiger charge is 2.37. The topological polar surface area (TPSA) is 140 Å². The van der Waals surface area contributed by atoms with E-state index in [2.05, 4.69) is 0 Å². The molecule has 106 valence electrons. The molecular formula is C10H18O8. The molecule has 0 aromatic heterocycles. The first-order chi connectivity index (χ1) is 8.51. The van der Waals surface area contributed by atoms with Gasteiger partial charge < -0.3 is 40.1 Å². The SMILES string of the molecule is OCC1OC(COC[C@H](O)CO)=C(O)C(O)[C@@H]1O. The van der Waals surface area contributed by atoms with Crippen LogP contribution in [-0.2, 0) is 9.47 Å². The molecule has 1 heterocycles. The van der Waals surface area contributed by atoms with Crippen molar-refractivity contribution in [1.82, 2.24) is 0 Å². The predicted octanol–water partition coefficient (Wildman–Crippen LogP) is -2.76. The van der Waals surface area contributed by atoms with Crippen molar-refractivity contribution in [2.75, 3.05) is 26.4 Å². The molecule has 1 aliphatic heterocycles. The largest absolute Gasteiger partial charge is 0.506 e. The number of hydrogen-bond acceptors (Lipinski definition) is 8. The van der Waals surface area contributed by atoms with Gasteiger partial charge in [0.15, 0.2) is 17.6 Å². The number of rotatable bonds is 6. The van der Waals surface area contributed by atoms with E-state index < -0.39 is 43.4 Å². The van der Waals surface area contributed by atoms with Gasteiger partial charge in [-0.2, -0.15) is 0 Å². The Balaban J connectivity index is 2.57. The Morgan fingerprint density at radius 3 is 2.50 bits per heavy atom. The zero-order valence-corrected chi connectivity index (χ0v) is 9.64. The van der Waals surface area contributed by atoms with Crippen LogP contribution >= 0.6 is 0 Å². The summed E-state index contributed by atoms with van der Waals surface area (Å²) in [6.07, 6.45) is -5.10. The van der Waals surface area contributed by atoms with Crippen molar-refractivity contribution in [1.29, 1.82) is 0 Å². The van der Waals surface area contributed by atoms with Crippen molar-refractivity contribution < 1.29 is 40.1 Å². The standard InChI is InChI=1S/C10H18O8/c11-1-5(13)3-17-4-7-9(15)10(16)8(14)6(2-12)18-7/h5-6,8,10-16H,1-4H2/t5-,6?,8-,10?/m1/s1. The van der Waals surface area contributed by atoms with Crippen LogP contribution in [0.4, 0.5) is 0 Å².